The van der Waals surface area contributed by atoms with Crippen LogP contribution in [0.25, 0.3) is 0 Å². The zero-order chi connectivity index (χ0) is 13.2. The van der Waals surface area contributed by atoms with Gasteiger partial charge in [-0.3, -0.25) is 4.79 Å². The minimum absolute atomic E-state index is 0.184. The molecular weight excluding hydrogens is 240 g/mol. The molecule has 3 rings (SSSR count). The molecule has 1 aromatic rings. The fourth-order valence-electron chi connectivity index (χ4n) is 3.35. The van der Waals surface area contributed by atoms with E-state index in [2.05, 4.69) is 9.55 Å². The van der Waals surface area contributed by atoms with Crippen LogP contribution in [0.4, 0.5) is 0 Å². The molecule has 2 aliphatic rings. The third-order valence-corrected chi connectivity index (χ3v) is 4.52. The van der Waals surface area contributed by atoms with Crippen molar-refractivity contribution in [1.82, 2.24) is 14.5 Å². The molecule has 2 atom stereocenters. The molecule has 1 fully saturated rings. The van der Waals surface area contributed by atoms with E-state index < -0.39 is 0 Å². The summed E-state index contributed by atoms with van der Waals surface area (Å²) in [6.45, 7) is 3.06. The number of aromatic nitrogens is 2. The lowest BCUT2D eigenvalue weighted by Crippen LogP contribution is -2.43. The van der Waals surface area contributed by atoms with Crippen LogP contribution in [0.5, 0.6) is 0 Å². The molecule has 104 valence electrons. The molecule has 1 aliphatic heterocycles. The Kier molecular flexibility index (Phi) is 3.55. The number of fused-ring (bicyclic) bond motifs is 1. The number of imidazole rings is 1. The van der Waals surface area contributed by atoms with Gasteiger partial charge in [-0.05, 0) is 31.7 Å². The van der Waals surface area contributed by atoms with Crippen molar-refractivity contribution in [3.63, 3.8) is 0 Å². The molecule has 0 saturated heterocycles. The van der Waals surface area contributed by atoms with E-state index in [9.17, 15) is 4.79 Å². The van der Waals surface area contributed by atoms with Gasteiger partial charge < -0.3 is 15.2 Å². The van der Waals surface area contributed by atoms with Crippen molar-refractivity contribution in [2.45, 2.75) is 38.8 Å². The Morgan fingerprint density at radius 3 is 3.16 bits per heavy atom. The van der Waals surface area contributed by atoms with Crippen LogP contribution in [0.3, 0.4) is 0 Å². The molecule has 19 heavy (non-hydrogen) atoms. The lowest BCUT2D eigenvalue weighted by molar-refractivity contribution is -0.138. The second kappa shape index (κ2) is 5.33. The van der Waals surface area contributed by atoms with Crippen LogP contribution in [-0.4, -0.2) is 33.4 Å². The first-order chi connectivity index (χ1) is 9.28. The lowest BCUT2D eigenvalue weighted by Gasteiger charge is -2.34. The number of rotatable bonds is 2. The van der Waals surface area contributed by atoms with Gasteiger partial charge in [0.05, 0.1) is 6.54 Å². The predicted molar refractivity (Wildman–Crippen MR) is 72.1 cm³/mol. The van der Waals surface area contributed by atoms with Gasteiger partial charge >= 0.3 is 0 Å². The summed E-state index contributed by atoms with van der Waals surface area (Å²) in [5.41, 5.74) is 5.76. The van der Waals surface area contributed by atoms with E-state index >= 15 is 0 Å². The van der Waals surface area contributed by atoms with Gasteiger partial charge in [0.25, 0.3) is 0 Å². The van der Waals surface area contributed by atoms with E-state index in [1.807, 2.05) is 17.3 Å². The third-order valence-electron chi connectivity index (χ3n) is 4.52. The molecule has 2 unspecified atom stereocenters. The number of carbonyl (C=O) groups is 1. The average Bonchev–Trinajstić information content (AvgIpc) is 2.94. The molecule has 0 spiro atoms. The van der Waals surface area contributed by atoms with Crippen molar-refractivity contribution in [3.05, 3.63) is 18.2 Å². The zero-order valence-electron chi connectivity index (χ0n) is 11.3. The maximum Gasteiger partial charge on any atom is 0.226 e. The normalized spacial score (nSPS) is 27.1. The van der Waals surface area contributed by atoms with Crippen LogP contribution in [0.1, 0.15) is 31.5 Å². The predicted octanol–water partition coefficient (Wildman–Crippen LogP) is 0.990. The van der Waals surface area contributed by atoms with Crippen LogP contribution in [0.2, 0.25) is 0 Å². The van der Waals surface area contributed by atoms with E-state index in [1.165, 1.54) is 6.42 Å². The van der Waals surface area contributed by atoms with Gasteiger partial charge in [-0.25, -0.2) is 4.98 Å². The van der Waals surface area contributed by atoms with Gasteiger partial charge in [0, 0.05) is 31.4 Å². The highest BCUT2D eigenvalue weighted by molar-refractivity contribution is 5.79. The quantitative estimate of drug-likeness (QED) is 0.864. The van der Waals surface area contributed by atoms with E-state index in [4.69, 9.17) is 5.73 Å². The fraction of sp³-hybridized carbons (Fsp3) is 0.714. The van der Waals surface area contributed by atoms with E-state index in [-0.39, 0.29) is 5.92 Å². The molecule has 0 bridgehead atoms. The topological polar surface area (TPSA) is 64.2 Å². The molecular formula is C14H22N4O. The van der Waals surface area contributed by atoms with Gasteiger partial charge in [-0.15, -0.1) is 0 Å². The average molecular weight is 262 g/mol. The zero-order valence-corrected chi connectivity index (χ0v) is 11.3. The molecule has 1 aliphatic carbocycles. The van der Waals surface area contributed by atoms with E-state index in [0.29, 0.717) is 24.9 Å². The summed E-state index contributed by atoms with van der Waals surface area (Å²) >= 11 is 0. The number of hydrogen-bond donors (Lipinski definition) is 1. The van der Waals surface area contributed by atoms with Crippen LogP contribution >= 0.6 is 0 Å². The lowest BCUT2D eigenvalue weighted by atomic mass is 9.80. The van der Waals surface area contributed by atoms with Crippen LogP contribution in [-0.2, 0) is 17.9 Å². The molecule has 0 radical (unpaired) electrons. The van der Waals surface area contributed by atoms with E-state index in [0.717, 1.165) is 38.2 Å². The van der Waals surface area contributed by atoms with Crippen molar-refractivity contribution in [2.24, 2.45) is 17.6 Å². The van der Waals surface area contributed by atoms with Crippen LogP contribution in [0.15, 0.2) is 12.4 Å². The molecule has 1 saturated carbocycles. The van der Waals surface area contributed by atoms with Gasteiger partial charge in [-0.1, -0.05) is 6.42 Å². The van der Waals surface area contributed by atoms with Crippen molar-refractivity contribution in [3.8, 4) is 0 Å². The monoisotopic (exact) mass is 262 g/mol. The Morgan fingerprint density at radius 1 is 1.42 bits per heavy atom. The van der Waals surface area contributed by atoms with Crippen molar-refractivity contribution in [2.75, 3.05) is 13.1 Å². The largest absolute Gasteiger partial charge is 0.333 e. The molecule has 1 amide bonds. The molecule has 1 aromatic heterocycles. The first-order valence-corrected chi connectivity index (χ1v) is 7.27. The van der Waals surface area contributed by atoms with Crippen molar-refractivity contribution >= 4 is 5.91 Å². The highest BCUT2D eigenvalue weighted by Crippen LogP contribution is 2.30. The van der Waals surface area contributed by atoms with Crippen molar-refractivity contribution < 1.29 is 4.79 Å². The minimum Gasteiger partial charge on any atom is -0.333 e. The highest BCUT2D eigenvalue weighted by atomic mass is 16.2. The Bertz CT molecular complexity index is 456. The summed E-state index contributed by atoms with van der Waals surface area (Å²) < 4.78 is 2.13. The van der Waals surface area contributed by atoms with Gasteiger partial charge in [0.1, 0.15) is 5.82 Å². The molecule has 2 heterocycles. The fourth-order valence-corrected chi connectivity index (χ4v) is 3.35. The summed E-state index contributed by atoms with van der Waals surface area (Å²) in [5, 5.41) is 0. The second-order valence-corrected chi connectivity index (χ2v) is 5.76. The molecule has 2 N–H and O–H groups in total. The summed E-state index contributed by atoms with van der Waals surface area (Å²) in [5.74, 6) is 2.04. The maximum absolute atomic E-state index is 12.6. The van der Waals surface area contributed by atoms with E-state index in [1.54, 1.807) is 0 Å². The summed E-state index contributed by atoms with van der Waals surface area (Å²) in [4.78, 5) is 18.9. The minimum atomic E-state index is 0.184. The Morgan fingerprint density at radius 2 is 2.32 bits per heavy atom. The molecule has 5 nitrogen and oxygen atoms in total. The van der Waals surface area contributed by atoms with Gasteiger partial charge in [-0.2, -0.15) is 0 Å². The first kappa shape index (κ1) is 12.7. The summed E-state index contributed by atoms with van der Waals surface area (Å²) in [6, 6.07) is 0. The highest BCUT2D eigenvalue weighted by Gasteiger charge is 2.31. The first-order valence-electron chi connectivity index (χ1n) is 7.27. The number of carbonyl (C=O) groups excluding carboxylic acids is 1. The maximum atomic E-state index is 12.6. The third kappa shape index (κ3) is 2.52. The standard InChI is InChI=1S/C14H22N4O/c15-9-11-2-1-3-12(8-11)14(19)18-7-6-17-5-4-16-13(17)10-18/h4-5,11-12H,1-3,6-10,15H2. The summed E-state index contributed by atoms with van der Waals surface area (Å²) in [6.07, 6.45) is 8.13. The van der Waals surface area contributed by atoms with Crippen molar-refractivity contribution in [1.29, 1.82) is 0 Å². The van der Waals surface area contributed by atoms with Crippen LogP contribution in [0, 0.1) is 11.8 Å². The van der Waals surface area contributed by atoms with Crippen LogP contribution < -0.4 is 5.73 Å². The van der Waals surface area contributed by atoms with Gasteiger partial charge in [0.15, 0.2) is 0 Å². The SMILES string of the molecule is NCC1CCCC(C(=O)N2CCn3ccnc3C2)C1. The Balaban J connectivity index is 1.65. The van der Waals surface area contributed by atoms with Gasteiger partial charge in [0.2, 0.25) is 5.91 Å². The summed E-state index contributed by atoms with van der Waals surface area (Å²) in [7, 11) is 0. The second-order valence-electron chi connectivity index (χ2n) is 5.76. The number of hydrogen-bond acceptors (Lipinski definition) is 3. The number of nitrogens with zero attached hydrogens (tertiary/aromatic N) is 3. The Hall–Kier alpha value is -1.36. The number of amides is 1. The number of nitrogens with two attached hydrogens (primary N) is 1. The molecule has 5 heteroatoms. The smallest absolute Gasteiger partial charge is 0.226 e. The molecule has 0 aromatic carbocycles. The Labute approximate surface area is 113 Å².